The van der Waals surface area contributed by atoms with Crippen molar-refractivity contribution in [3.63, 3.8) is 0 Å². The summed E-state index contributed by atoms with van der Waals surface area (Å²) in [6.07, 6.45) is 1.11. The van der Waals surface area contributed by atoms with Crippen LogP contribution < -0.4 is 10.6 Å². The Morgan fingerprint density at radius 1 is 1.35 bits per heavy atom. The van der Waals surface area contributed by atoms with E-state index in [-0.39, 0.29) is 0 Å². The lowest BCUT2D eigenvalue weighted by Crippen LogP contribution is -2.38. The Hall–Kier alpha value is -1.10. The highest BCUT2D eigenvalue weighted by atomic mass is 32.1. The number of hydrogen-bond donors (Lipinski definition) is 2. The van der Waals surface area contributed by atoms with E-state index < -0.39 is 0 Å². The van der Waals surface area contributed by atoms with Crippen LogP contribution in [0.4, 0.5) is 0 Å². The van der Waals surface area contributed by atoms with Crippen molar-refractivity contribution in [1.29, 1.82) is 0 Å². The molecule has 4 nitrogen and oxygen atoms in total. The van der Waals surface area contributed by atoms with Gasteiger partial charge in [-0.3, -0.25) is 4.99 Å². The molecule has 1 heterocycles. The summed E-state index contributed by atoms with van der Waals surface area (Å²) < 4.78 is 0. The molecule has 0 aliphatic rings. The van der Waals surface area contributed by atoms with Gasteiger partial charge < -0.3 is 10.6 Å². The summed E-state index contributed by atoms with van der Waals surface area (Å²) in [6, 6.07) is 0. The Labute approximate surface area is 127 Å². The van der Waals surface area contributed by atoms with E-state index in [4.69, 9.17) is 0 Å². The smallest absolute Gasteiger partial charge is 0.191 e. The van der Waals surface area contributed by atoms with Gasteiger partial charge >= 0.3 is 0 Å². The third-order valence-corrected chi connectivity index (χ3v) is 3.83. The van der Waals surface area contributed by atoms with Crippen LogP contribution in [0.15, 0.2) is 10.4 Å². The zero-order chi connectivity index (χ0) is 15.2. The molecule has 2 N–H and O–H groups in total. The van der Waals surface area contributed by atoms with E-state index in [1.54, 1.807) is 18.4 Å². The molecule has 20 heavy (non-hydrogen) atoms. The summed E-state index contributed by atoms with van der Waals surface area (Å²) >= 11 is 1.70. The summed E-state index contributed by atoms with van der Waals surface area (Å²) in [7, 11) is 1.80. The monoisotopic (exact) mass is 296 g/mol. The van der Waals surface area contributed by atoms with Crippen LogP contribution in [0.1, 0.15) is 57.7 Å². The quantitative estimate of drug-likeness (QED) is 0.647. The van der Waals surface area contributed by atoms with Gasteiger partial charge in [0.05, 0.1) is 12.2 Å². The fraction of sp³-hybridized carbons (Fsp3) is 0.733. The normalized spacial score (nSPS) is 12.8. The van der Waals surface area contributed by atoms with Crippen molar-refractivity contribution in [2.24, 2.45) is 10.4 Å². The second-order valence-corrected chi connectivity index (χ2v) is 7.43. The molecule has 5 heteroatoms. The number of aromatic nitrogens is 1. The van der Waals surface area contributed by atoms with Crippen LogP contribution >= 0.6 is 11.3 Å². The Bertz CT molecular complexity index is 429. The average molecular weight is 296 g/mol. The first-order chi connectivity index (χ1) is 9.31. The molecule has 0 aliphatic heterocycles. The number of nitrogens with zero attached hydrogens (tertiary/aromatic N) is 2. The van der Waals surface area contributed by atoms with Gasteiger partial charge in [0.2, 0.25) is 0 Å². The van der Waals surface area contributed by atoms with Gasteiger partial charge in [0, 0.05) is 19.0 Å². The van der Waals surface area contributed by atoms with Gasteiger partial charge in [-0.05, 0) is 17.8 Å². The van der Waals surface area contributed by atoms with Crippen LogP contribution in [0, 0.1) is 5.41 Å². The van der Waals surface area contributed by atoms with E-state index >= 15 is 0 Å². The van der Waals surface area contributed by atoms with Crippen molar-refractivity contribution >= 4 is 17.3 Å². The van der Waals surface area contributed by atoms with Crippen molar-refractivity contribution in [3.05, 3.63) is 16.1 Å². The SMILES string of the molecule is CN=C(NCCC(C)(C)C)NCc1nc(C(C)C)cs1. The Balaban J connectivity index is 2.37. The molecule has 0 aromatic carbocycles. The molecule has 0 spiro atoms. The number of hydrogen-bond acceptors (Lipinski definition) is 3. The van der Waals surface area contributed by atoms with Crippen molar-refractivity contribution in [2.75, 3.05) is 13.6 Å². The summed E-state index contributed by atoms with van der Waals surface area (Å²) in [6.45, 7) is 12.7. The van der Waals surface area contributed by atoms with Gasteiger partial charge in [-0.1, -0.05) is 34.6 Å². The molecule has 114 valence electrons. The topological polar surface area (TPSA) is 49.3 Å². The third-order valence-electron chi connectivity index (χ3n) is 2.96. The number of nitrogens with one attached hydrogen (secondary N) is 2. The standard InChI is InChI=1S/C15H28N4S/c1-11(2)12-10-20-13(19-12)9-18-14(16-6)17-8-7-15(3,4)5/h10-11H,7-9H2,1-6H3,(H2,16,17,18). The van der Waals surface area contributed by atoms with Crippen LogP contribution in [0.25, 0.3) is 0 Å². The summed E-state index contributed by atoms with van der Waals surface area (Å²) in [5, 5.41) is 9.89. The van der Waals surface area contributed by atoms with Crippen molar-refractivity contribution in [3.8, 4) is 0 Å². The predicted octanol–water partition coefficient (Wildman–Crippen LogP) is 3.37. The summed E-state index contributed by atoms with van der Waals surface area (Å²) in [5.41, 5.74) is 1.51. The molecule has 1 rings (SSSR count). The van der Waals surface area contributed by atoms with E-state index in [0.29, 0.717) is 11.3 Å². The van der Waals surface area contributed by atoms with Crippen LogP contribution in [0.5, 0.6) is 0 Å². The van der Waals surface area contributed by atoms with Crippen molar-refractivity contribution in [2.45, 2.75) is 53.5 Å². The molecule has 0 fully saturated rings. The summed E-state index contributed by atoms with van der Waals surface area (Å²) in [4.78, 5) is 8.84. The number of guanidine groups is 1. The molecular formula is C15H28N4S. The molecule has 0 bridgehead atoms. The maximum absolute atomic E-state index is 4.61. The van der Waals surface area contributed by atoms with Gasteiger partial charge in [0.15, 0.2) is 5.96 Å². The number of rotatable bonds is 5. The van der Waals surface area contributed by atoms with Gasteiger partial charge in [0.1, 0.15) is 5.01 Å². The van der Waals surface area contributed by atoms with Gasteiger partial charge in [-0.15, -0.1) is 11.3 Å². The van der Waals surface area contributed by atoms with Crippen LogP contribution in [0.2, 0.25) is 0 Å². The highest BCUT2D eigenvalue weighted by Crippen LogP contribution is 2.18. The van der Waals surface area contributed by atoms with Crippen LogP contribution in [0.3, 0.4) is 0 Å². The molecule has 0 atom stereocenters. The van der Waals surface area contributed by atoms with Crippen LogP contribution in [-0.2, 0) is 6.54 Å². The lowest BCUT2D eigenvalue weighted by molar-refractivity contribution is 0.377. The largest absolute Gasteiger partial charge is 0.356 e. The van der Waals surface area contributed by atoms with Gasteiger partial charge in [0.25, 0.3) is 0 Å². The highest BCUT2D eigenvalue weighted by molar-refractivity contribution is 7.09. The predicted molar refractivity (Wildman–Crippen MR) is 88.5 cm³/mol. The summed E-state index contributed by atoms with van der Waals surface area (Å²) in [5.74, 6) is 1.33. The first-order valence-corrected chi connectivity index (χ1v) is 8.08. The Morgan fingerprint density at radius 3 is 2.55 bits per heavy atom. The fourth-order valence-electron chi connectivity index (χ4n) is 1.61. The van der Waals surface area contributed by atoms with Crippen molar-refractivity contribution < 1.29 is 0 Å². The highest BCUT2D eigenvalue weighted by Gasteiger charge is 2.10. The minimum absolute atomic E-state index is 0.341. The average Bonchev–Trinajstić information content (AvgIpc) is 2.81. The second-order valence-electron chi connectivity index (χ2n) is 6.48. The minimum Gasteiger partial charge on any atom is -0.356 e. The van der Waals surface area contributed by atoms with Crippen molar-refractivity contribution in [1.82, 2.24) is 15.6 Å². The Morgan fingerprint density at radius 2 is 2.05 bits per heavy atom. The minimum atomic E-state index is 0.341. The molecule has 0 amide bonds. The molecule has 0 unspecified atom stereocenters. The molecule has 0 radical (unpaired) electrons. The fourth-order valence-corrected chi connectivity index (χ4v) is 2.50. The van der Waals surface area contributed by atoms with E-state index in [1.807, 2.05) is 0 Å². The lowest BCUT2D eigenvalue weighted by atomic mass is 9.92. The molecule has 1 aromatic heterocycles. The molecule has 0 saturated carbocycles. The molecule has 0 aliphatic carbocycles. The number of thiazole rings is 1. The maximum atomic E-state index is 4.61. The first-order valence-electron chi connectivity index (χ1n) is 7.20. The second kappa shape index (κ2) is 7.62. The zero-order valence-electron chi connectivity index (χ0n) is 13.6. The number of aliphatic imine (C=N–C) groups is 1. The van der Waals surface area contributed by atoms with E-state index in [2.05, 4.69) is 60.6 Å². The first kappa shape index (κ1) is 17.0. The van der Waals surface area contributed by atoms with E-state index in [0.717, 1.165) is 30.5 Å². The molecule has 1 aromatic rings. The van der Waals surface area contributed by atoms with Gasteiger partial charge in [-0.2, -0.15) is 0 Å². The molecular weight excluding hydrogens is 268 g/mol. The maximum Gasteiger partial charge on any atom is 0.191 e. The van der Waals surface area contributed by atoms with Gasteiger partial charge in [-0.25, -0.2) is 4.98 Å². The van der Waals surface area contributed by atoms with E-state index in [9.17, 15) is 0 Å². The van der Waals surface area contributed by atoms with Crippen LogP contribution in [-0.4, -0.2) is 24.5 Å². The third kappa shape index (κ3) is 6.37. The Kier molecular flexibility index (Phi) is 6.46. The lowest BCUT2D eigenvalue weighted by Gasteiger charge is -2.19. The molecule has 0 saturated heterocycles. The zero-order valence-corrected chi connectivity index (χ0v) is 14.4. The van der Waals surface area contributed by atoms with E-state index in [1.165, 1.54) is 5.69 Å².